The molecule has 0 unspecified atom stereocenters. The standard InChI is InChI=1S/C25H17ClF2N2O3/c1-30-22-9-5-16(24(32)29-13-14-2-6-17(27)7-3-14)12-18(22)23(31)19(25(30)33)10-15-4-8-20(26)21(28)11-15/h2-12H,13H2,1H3,(H,29,32)/b19-10+. The third kappa shape index (κ3) is 4.54. The predicted molar refractivity (Wildman–Crippen MR) is 121 cm³/mol. The highest BCUT2D eigenvalue weighted by Gasteiger charge is 2.33. The van der Waals surface area contributed by atoms with E-state index < -0.39 is 23.4 Å². The second kappa shape index (κ2) is 8.96. The van der Waals surface area contributed by atoms with Crippen LogP contribution in [-0.4, -0.2) is 24.6 Å². The second-order valence-corrected chi connectivity index (χ2v) is 7.87. The van der Waals surface area contributed by atoms with Crippen LogP contribution in [0.4, 0.5) is 14.5 Å². The number of Topliss-reactive ketones (excluding diaryl/α,β-unsaturated/α-hetero) is 1. The molecule has 1 N–H and O–H groups in total. The fourth-order valence-corrected chi connectivity index (χ4v) is 3.58. The average Bonchev–Trinajstić information content (AvgIpc) is 2.81. The summed E-state index contributed by atoms with van der Waals surface area (Å²) in [6, 6.07) is 14.1. The Labute approximate surface area is 193 Å². The van der Waals surface area contributed by atoms with E-state index in [4.69, 9.17) is 11.6 Å². The molecule has 3 aromatic carbocycles. The van der Waals surface area contributed by atoms with E-state index in [2.05, 4.69) is 5.32 Å². The topological polar surface area (TPSA) is 66.5 Å². The first kappa shape index (κ1) is 22.4. The molecule has 1 aliphatic heterocycles. The molecule has 0 radical (unpaired) electrons. The largest absolute Gasteiger partial charge is 0.348 e. The zero-order valence-corrected chi connectivity index (χ0v) is 18.1. The molecule has 166 valence electrons. The maximum absolute atomic E-state index is 13.8. The molecule has 0 aliphatic carbocycles. The van der Waals surface area contributed by atoms with E-state index in [-0.39, 0.29) is 34.1 Å². The number of nitrogens with zero attached hydrogens (tertiary/aromatic N) is 1. The van der Waals surface area contributed by atoms with Crippen LogP contribution in [0.15, 0.2) is 66.2 Å². The summed E-state index contributed by atoms with van der Waals surface area (Å²) in [6.45, 7) is 0.176. The number of benzene rings is 3. The zero-order valence-electron chi connectivity index (χ0n) is 17.4. The van der Waals surface area contributed by atoms with Gasteiger partial charge in [-0.15, -0.1) is 0 Å². The molecular formula is C25H17ClF2N2O3. The molecule has 33 heavy (non-hydrogen) atoms. The maximum atomic E-state index is 13.8. The molecule has 2 amide bonds. The van der Waals surface area contributed by atoms with Crippen LogP contribution in [0.1, 0.15) is 31.8 Å². The van der Waals surface area contributed by atoms with Gasteiger partial charge in [0, 0.05) is 24.7 Å². The monoisotopic (exact) mass is 466 g/mol. The Morgan fingerprint density at radius 1 is 1.03 bits per heavy atom. The number of anilines is 1. The first-order chi connectivity index (χ1) is 15.7. The van der Waals surface area contributed by atoms with Gasteiger partial charge in [-0.1, -0.05) is 29.8 Å². The fourth-order valence-electron chi connectivity index (χ4n) is 3.47. The summed E-state index contributed by atoms with van der Waals surface area (Å²) in [5.74, 6) is -2.59. The van der Waals surface area contributed by atoms with Gasteiger partial charge in [-0.3, -0.25) is 14.4 Å². The van der Waals surface area contributed by atoms with Gasteiger partial charge in [-0.2, -0.15) is 0 Å². The summed E-state index contributed by atoms with van der Waals surface area (Å²) in [6.07, 6.45) is 1.30. The predicted octanol–water partition coefficient (Wildman–Crippen LogP) is 4.79. The third-order valence-corrected chi connectivity index (χ3v) is 5.57. The number of halogens is 3. The van der Waals surface area contributed by atoms with E-state index >= 15 is 0 Å². The first-order valence-electron chi connectivity index (χ1n) is 9.91. The number of fused-ring (bicyclic) bond motifs is 1. The number of likely N-dealkylation sites (N-methyl/N-ethyl adjacent to an activating group) is 1. The Hall–Kier alpha value is -3.84. The average molecular weight is 467 g/mol. The quantitative estimate of drug-likeness (QED) is 0.444. The molecule has 1 aliphatic rings. The highest BCUT2D eigenvalue weighted by atomic mass is 35.5. The van der Waals surface area contributed by atoms with E-state index in [0.29, 0.717) is 16.8 Å². The van der Waals surface area contributed by atoms with Gasteiger partial charge in [0.15, 0.2) is 0 Å². The number of hydrogen-bond donors (Lipinski definition) is 1. The molecule has 0 saturated carbocycles. The SMILES string of the molecule is CN1C(=O)/C(=C/c2ccc(Cl)c(F)c2)C(=O)c2cc(C(=O)NCc3ccc(F)cc3)ccc21. The van der Waals surface area contributed by atoms with Crippen LogP contribution >= 0.6 is 11.6 Å². The van der Waals surface area contributed by atoms with Gasteiger partial charge in [0.1, 0.15) is 11.6 Å². The molecule has 0 atom stereocenters. The molecule has 3 aromatic rings. The van der Waals surface area contributed by atoms with Crippen LogP contribution in [-0.2, 0) is 11.3 Å². The van der Waals surface area contributed by atoms with Crippen molar-refractivity contribution in [3.05, 3.63) is 105 Å². The van der Waals surface area contributed by atoms with Crippen LogP contribution in [0.2, 0.25) is 5.02 Å². The van der Waals surface area contributed by atoms with Crippen LogP contribution < -0.4 is 10.2 Å². The van der Waals surface area contributed by atoms with Gasteiger partial charge in [0.25, 0.3) is 11.8 Å². The third-order valence-electron chi connectivity index (χ3n) is 5.27. The van der Waals surface area contributed by atoms with Crippen LogP contribution in [0.25, 0.3) is 6.08 Å². The van der Waals surface area contributed by atoms with Crippen LogP contribution in [0.3, 0.4) is 0 Å². The second-order valence-electron chi connectivity index (χ2n) is 7.47. The van der Waals surface area contributed by atoms with E-state index in [1.54, 1.807) is 12.1 Å². The number of nitrogens with one attached hydrogen (secondary N) is 1. The molecule has 1 heterocycles. The van der Waals surface area contributed by atoms with E-state index in [9.17, 15) is 23.2 Å². The molecule has 5 nitrogen and oxygen atoms in total. The van der Waals surface area contributed by atoms with Crippen molar-refractivity contribution in [2.45, 2.75) is 6.54 Å². The Morgan fingerprint density at radius 3 is 2.45 bits per heavy atom. The minimum absolute atomic E-state index is 0.0720. The van der Waals surface area contributed by atoms with Crippen molar-refractivity contribution in [1.82, 2.24) is 5.32 Å². The van der Waals surface area contributed by atoms with Gasteiger partial charge in [-0.05, 0) is 59.7 Å². The van der Waals surface area contributed by atoms with Crippen molar-refractivity contribution in [2.24, 2.45) is 0 Å². The molecular weight excluding hydrogens is 450 g/mol. The summed E-state index contributed by atoms with van der Waals surface area (Å²) in [5, 5.41) is 2.64. The number of carbonyl (C=O) groups excluding carboxylic acids is 3. The highest BCUT2D eigenvalue weighted by Crippen LogP contribution is 2.31. The zero-order chi connectivity index (χ0) is 23.7. The highest BCUT2D eigenvalue weighted by molar-refractivity contribution is 6.36. The van der Waals surface area contributed by atoms with E-state index in [1.807, 2.05) is 0 Å². The number of rotatable bonds is 4. The molecule has 0 fully saturated rings. The lowest BCUT2D eigenvalue weighted by Gasteiger charge is -2.27. The molecule has 0 aromatic heterocycles. The lowest BCUT2D eigenvalue weighted by Crippen LogP contribution is -2.37. The Bertz CT molecular complexity index is 1320. The van der Waals surface area contributed by atoms with Gasteiger partial charge in [0.2, 0.25) is 5.78 Å². The van der Waals surface area contributed by atoms with Gasteiger partial charge in [0.05, 0.1) is 16.3 Å². The Morgan fingerprint density at radius 2 is 1.76 bits per heavy atom. The minimum Gasteiger partial charge on any atom is -0.348 e. The van der Waals surface area contributed by atoms with Crippen LogP contribution in [0, 0.1) is 11.6 Å². The van der Waals surface area contributed by atoms with Crippen molar-refractivity contribution in [1.29, 1.82) is 0 Å². The number of hydrogen-bond acceptors (Lipinski definition) is 3. The van der Waals surface area contributed by atoms with E-state index in [0.717, 1.165) is 6.07 Å². The normalized spacial score (nSPS) is 14.4. The Balaban J connectivity index is 1.62. The molecule has 8 heteroatoms. The van der Waals surface area contributed by atoms with Gasteiger partial charge < -0.3 is 10.2 Å². The number of amides is 2. The summed E-state index contributed by atoms with van der Waals surface area (Å²) in [5.41, 5.74) is 1.62. The van der Waals surface area contributed by atoms with Crippen molar-refractivity contribution in [3.8, 4) is 0 Å². The number of carbonyl (C=O) groups is 3. The Kier molecular flexibility index (Phi) is 6.07. The lowest BCUT2D eigenvalue weighted by atomic mass is 9.92. The lowest BCUT2D eigenvalue weighted by molar-refractivity contribution is -0.114. The van der Waals surface area contributed by atoms with E-state index in [1.165, 1.54) is 60.5 Å². The van der Waals surface area contributed by atoms with Crippen LogP contribution in [0.5, 0.6) is 0 Å². The molecule has 0 saturated heterocycles. The van der Waals surface area contributed by atoms with Crippen molar-refractivity contribution in [3.63, 3.8) is 0 Å². The molecule has 0 spiro atoms. The smallest absolute Gasteiger partial charge is 0.262 e. The van der Waals surface area contributed by atoms with Crippen molar-refractivity contribution in [2.75, 3.05) is 11.9 Å². The molecule has 4 rings (SSSR count). The van der Waals surface area contributed by atoms with Crippen molar-refractivity contribution >= 4 is 41.0 Å². The van der Waals surface area contributed by atoms with Gasteiger partial charge in [-0.25, -0.2) is 8.78 Å². The number of ketones is 1. The summed E-state index contributed by atoms with van der Waals surface area (Å²) in [4.78, 5) is 39.8. The maximum Gasteiger partial charge on any atom is 0.262 e. The summed E-state index contributed by atoms with van der Waals surface area (Å²) >= 11 is 5.70. The van der Waals surface area contributed by atoms with Gasteiger partial charge >= 0.3 is 0 Å². The fraction of sp³-hybridized carbons (Fsp3) is 0.0800. The summed E-state index contributed by atoms with van der Waals surface area (Å²) < 4.78 is 26.8. The summed E-state index contributed by atoms with van der Waals surface area (Å²) in [7, 11) is 1.51. The first-order valence-corrected chi connectivity index (χ1v) is 10.3. The minimum atomic E-state index is -0.671. The molecule has 0 bridgehead atoms. The van der Waals surface area contributed by atoms with Crippen molar-refractivity contribution < 1.29 is 23.2 Å².